The van der Waals surface area contributed by atoms with E-state index in [-0.39, 0.29) is 0 Å². The Bertz CT molecular complexity index is 806. The summed E-state index contributed by atoms with van der Waals surface area (Å²) >= 11 is 0. The van der Waals surface area contributed by atoms with Crippen LogP contribution >= 0.6 is 0 Å². The van der Waals surface area contributed by atoms with Crippen molar-refractivity contribution in [1.29, 1.82) is 0 Å². The van der Waals surface area contributed by atoms with Gasteiger partial charge in [-0.25, -0.2) is 0 Å². The maximum absolute atomic E-state index is 12.9. The number of nitrogens with one attached hydrogen (secondary N) is 1. The van der Waals surface area contributed by atoms with Gasteiger partial charge in [0.25, 0.3) is 0 Å². The molecule has 2 aromatic rings. The van der Waals surface area contributed by atoms with Crippen LogP contribution in [0.2, 0.25) is 0 Å². The van der Waals surface area contributed by atoms with Crippen LogP contribution in [0.15, 0.2) is 42.6 Å². The summed E-state index contributed by atoms with van der Waals surface area (Å²) in [5.74, 6) is 0.434. The van der Waals surface area contributed by atoms with Crippen LogP contribution in [-0.4, -0.2) is 48.1 Å². The lowest BCUT2D eigenvalue weighted by Crippen LogP contribution is -2.33. The summed E-state index contributed by atoms with van der Waals surface area (Å²) in [6.07, 6.45) is -0.398. The highest BCUT2D eigenvalue weighted by molar-refractivity contribution is 5.60. The number of rotatable bonds is 6. The Kier molecular flexibility index (Phi) is 5.40. The maximum atomic E-state index is 12.9. The second-order valence-corrected chi connectivity index (χ2v) is 7.81. The lowest BCUT2D eigenvalue weighted by molar-refractivity contribution is -0.137. The quantitative estimate of drug-likeness (QED) is 0.795. The topological polar surface area (TPSA) is 54.2 Å². The fourth-order valence-electron chi connectivity index (χ4n) is 3.91. The summed E-state index contributed by atoms with van der Waals surface area (Å²) < 4.78 is 38.7. The van der Waals surface area contributed by atoms with E-state index in [9.17, 15) is 13.2 Å². The van der Waals surface area contributed by atoms with Gasteiger partial charge in [0.05, 0.1) is 11.3 Å². The molecule has 4 rings (SSSR count). The van der Waals surface area contributed by atoms with Crippen LogP contribution < -0.4 is 11.1 Å². The first-order valence-corrected chi connectivity index (χ1v) is 9.75. The van der Waals surface area contributed by atoms with Crippen molar-refractivity contribution in [3.8, 4) is 11.3 Å². The van der Waals surface area contributed by atoms with Crippen molar-refractivity contribution in [2.45, 2.75) is 37.0 Å². The Hall–Kier alpha value is -1.96. The molecule has 3 N–H and O–H groups in total. The number of nitrogens with two attached hydrogens (primary N) is 1. The first kappa shape index (κ1) is 19.4. The number of alkyl halides is 3. The van der Waals surface area contributed by atoms with Gasteiger partial charge in [-0.3, -0.25) is 4.98 Å². The average molecular weight is 390 g/mol. The molecule has 3 atom stereocenters. The first-order valence-electron chi connectivity index (χ1n) is 9.75. The molecule has 0 amide bonds. The van der Waals surface area contributed by atoms with Crippen molar-refractivity contribution in [1.82, 2.24) is 15.2 Å². The van der Waals surface area contributed by atoms with Crippen LogP contribution in [0.1, 0.15) is 29.9 Å². The standard InChI is InChI=1S/C21H25F3N4/c22-21(23,24)16-3-1-2-14(10-16)19-5-4-15(12-27-19)18-11-20(18)26-7-9-28-8-6-17(25)13-28/h1-5,10,12,17-18,20,26H,6-9,11,13,25H2/t17-,18+,20-/m1/s1. The molecule has 0 radical (unpaired) electrons. The molecule has 0 bridgehead atoms. The van der Waals surface area contributed by atoms with Crippen molar-refractivity contribution in [2.75, 3.05) is 26.2 Å². The van der Waals surface area contributed by atoms with Crippen molar-refractivity contribution in [3.63, 3.8) is 0 Å². The summed E-state index contributed by atoms with van der Waals surface area (Å²) in [6, 6.07) is 9.86. The van der Waals surface area contributed by atoms with Gasteiger partial charge in [-0.05, 0) is 43.1 Å². The fraction of sp³-hybridized carbons (Fsp3) is 0.476. The molecule has 7 heteroatoms. The van der Waals surface area contributed by atoms with E-state index in [1.165, 1.54) is 6.07 Å². The second kappa shape index (κ2) is 7.81. The summed E-state index contributed by atoms with van der Waals surface area (Å²) in [7, 11) is 0. The van der Waals surface area contributed by atoms with Gasteiger partial charge in [0.2, 0.25) is 0 Å². The minimum atomic E-state index is -4.34. The molecule has 2 heterocycles. The van der Waals surface area contributed by atoms with Gasteiger partial charge >= 0.3 is 6.18 Å². The van der Waals surface area contributed by atoms with E-state index >= 15 is 0 Å². The predicted molar refractivity (Wildman–Crippen MR) is 103 cm³/mol. The van der Waals surface area contributed by atoms with E-state index in [2.05, 4.69) is 15.2 Å². The second-order valence-electron chi connectivity index (χ2n) is 7.81. The number of aromatic nitrogens is 1. The molecule has 28 heavy (non-hydrogen) atoms. The monoisotopic (exact) mass is 390 g/mol. The van der Waals surface area contributed by atoms with Crippen molar-refractivity contribution in [2.24, 2.45) is 5.73 Å². The highest BCUT2D eigenvalue weighted by Gasteiger charge is 2.38. The SMILES string of the molecule is N[C@@H]1CCN(CCN[C@@H]2C[C@H]2c2ccc(-c3cccc(C(F)(F)F)c3)nc2)C1. The summed E-state index contributed by atoms with van der Waals surface area (Å²) in [5.41, 5.74) is 7.45. The predicted octanol–water partition coefficient (Wildman–Crippen LogP) is 3.25. The molecule has 1 aliphatic carbocycles. The summed E-state index contributed by atoms with van der Waals surface area (Å²) in [4.78, 5) is 6.79. The smallest absolute Gasteiger partial charge is 0.326 e. The highest BCUT2D eigenvalue weighted by atomic mass is 19.4. The number of benzene rings is 1. The van der Waals surface area contributed by atoms with E-state index in [0.29, 0.717) is 29.3 Å². The fourth-order valence-corrected chi connectivity index (χ4v) is 3.91. The minimum absolute atomic E-state index is 0.315. The zero-order chi connectivity index (χ0) is 19.7. The molecule has 1 saturated heterocycles. The van der Waals surface area contributed by atoms with E-state index in [0.717, 1.165) is 56.7 Å². The molecule has 150 valence electrons. The lowest BCUT2D eigenvalue weighted by Gasteiger charge is -2.15. The van der Waals surface area contributed by atoms with Crippen LogP contribution in [0.3, 0.4) is 0 Å². The normalized spacial score (nSPS) is 25.2. The lowest BCUT2D eigenvalue weighted by atomic mass is 10.1. The van der Waals surface area contributed by atoms with E-state index in [1.54, 1.807) is 12.3 Å². The Morgan fingerprint density at radius 3 is 2.75 bits per heavy atom. The molecule has 2 fully saturated rings. The van der Waals surface area contributed by atoms with Crippen molar-refractivity contribution < 1.29 is 13.2 Å². The Labute approximate surface area is 162 Å². The molecule has 4 nitrogen and oxygen atoms in total. The van der Waals surface area contributed by atoms with Gasteiger partial charge in [-0.1, -0.05) is 18.2 Å². The molecule has 2 aliphatic rings. The van der Waals surface area contributed by atoms with Crippen LogP contribution in [0.25, 0.3) is 11.3 Å². The molecule has 1 saturated carbocycles. The molecular weight excluding hydrogens is 365 g/mol. The zero-order valence-electron chi connectivity index (χ0n) is 15.6. The summed E-state index contributed by atoms with van der Waals surface area (Å²) in [5, 5.41) is 3.58. The number of likely N-dealkylation sites (tertiary alicyclic amines) is 1. The Morgan fingerprint density at radius 1 is 1.21 bits per heavy atom. The number of hydrogen-bond acceptors (Lipinski definition) is 4. The third-order valence-electron chi connectivity index (χ3n) is 5.63. The molecule has 1 aromatic heterocycles. The Balaban J connectivity index is 1.31. The average Bonchev–Trinajstić information content (AvgIpc) is 3.33. The van der Waals surface area contributed by atoms with Gasteiger partial charge in [0.15, 0.2) is 0 Å². The molecule has 1 aliphatic heterocycles. The van der Waals surface area contributed by atoms with Gasteiger partial charge in [-0.15, -0.1) is 0 Å². The third-order valence-corrected chi connectivity index (χ3v) is 5.63. The van der Waals surface area contributed by atoms with E-state index in [4.69, 9.17) is 5.73 Å². The third kappa shape index (κ3) is 4.54. The molecule has 0 spiro atoms. The van der Waals surface area contributed by atoms with E-state index in [1.807, 2.05) is 12.1 Å². The zero-order valence-corrected chi connectivity index (χ0v) is 15.6. The first-order chi connectivity index (χ1) is 13.4. The van der Waals surface area contributed by atoms with Crippen LogP contribution in [-0.2, 0) is 6.18 Å². The van der Waals surface area contributed by atoms with E-state index < -0.39 is 11.7 Å². The summed E-state index contributed by atoms with van der Waals surface area (Å²) in [6.45, 7) is 4.03. The van der Waals surface area contributed by atoms with Gasteiger partial charge in [0, 0.05) is 49.4 Å². The number of halogens is 3. The maximum Gasteiger partial charge on any atom is 0.416 e. The molecule has 1 aromatic carbocycles. The Morgan fingerprint density at radius 2 is 2.07 bits per heavy atom. The van der Waals surface area contributed by atoms with Crippen LogP contribution in [0.5, 0.6) is 0 Å². The van der Waals surface area contributed by atoms with Crippen LogP contribution in [0, 0.1) is 0 Å². The van der Waals surface area contributed by atoms with Crippen LogP contribution in [0.4, 0.5) is 13.2 Å². The van der Waals surface area contributed by atoms with Gasteiger partial charge < -0.3 is 16.0 Å². The van der Waals surface area contributed by atoms with Gasteiger partial charge in [0.1, 0.15) is 0 Å². The van der Waals surface area contributed by atoms with Gasteiger partial charge in [-0.2, -0.15) is 13.2 Å². The number of hydrogen-bond donors (Lipinski definition) is 2. The van der Waals surface area contributed by atoms with Crippen molar-refractivity contribution >= 4 is 0 Å². The minimum Gasteiger partial charge on any atom is -0.326 e. The number of nitrogens with zero attached hydrogens (tertiary/aromatic N) is 2. The largest absolute Gasteiger partial charge is 0.416 e. The molecular formula is C21H25F3N4. The highest BCUT2D eigenvalue weighted by Crippen LogP contribution is 2.41. The van der Waals surface area contributed by atoms with Crippen molar-refractivity contribution in [3.05, 3.63) is 53.7 Å². The molecule has 0 unspecified atom stereocenters. The number of pyridine rings is 1.